The first-order valence-corrected chi connectivity index (χ1v) is 4.94. The fraction of sp³-hybridized carbons (Fsp3) is 0.400. The van der Waals surface area contributed by atoms with Crippen LogP contribution < -0.4 is 4.74 Å². The molecule has 0 amide bonds. The third kappa shape index (κ3) is 4.28. The number of carbonyl (C=O) groups excluding carboxylic acids is 1. The smallest absolute Gasteiger partial charge is 0.469 e. The largest absolute Gasteiger partial charge is 0.574 e. The van der Waals surface area contributed by atoms with E-state index in [-0.39, 0.29) is 0 Å². The summed E-state index contributed by atoms with van der Waals surface area (Å²) in [5.41, 5.74) is -1.90. The highest BCUT2D eigenvalue weighted by Crippen LogP contribution is 2.30. The summed E-state index contributed by atoms with van der Waals surface area (Å²) < 4.78 is 81.8. The zero-order valence-electron chi connectivity index (χ0n) is 9.80. The molecule has 0 spiro atoms. The van der Waals surface area contributed by atoms with Crippen molar-refractivity contribution in [3.63, 3.8) is 0 Å². The summed E-state index contributed by atoms with van der Waals surface area (Å²) in [5, 5.41) is 0. The SMILES string of the molecule is COC(=O)Cc1cc(C(F)F)c(F)nc1OC(F)(F)F. The standard InChI is InChI=1S/C10H7F6NO3/c1-19-6(18)3-4-2-5(7(11)12)8(13)17-9(4)20-10(14,15)16/h2,7H,3H2,1H3. The van der Waals surface area contributed by atoms with Crippen molar-refractivity contribution in [1.29, 1.82) is 0 Å². The van der Waals surface area contributed by atoms with E-state index in [2.05, 4.69) is 14.5 Å². The number of rotatable bonds is 4. The van der Waals surface area contributed by atoms with Gasteiger partial charge in [0.25, 0.3) is 6.43 Å². The molecule has 0 saturated heterocycles. The van der Waals surface area contributed by atoms with Crippen LogP contribution in [0, 0.1) is 5.95 Å². The Morgan fingerprint density at radius 1 is 1.40 bits per heavy atom. The molecule has 0 atom stereocenters. The van der Waals surface area contributed by atoms with Crippen molar-refractivity contribution in [2.45, 2.75) is 19.2 Å². The highest BCUT2D eigenvalue weighted by Gasteiger charge is 2.34. The third-order valence-corrected chi connectivity index (χ3v) is 2.05. The monoisotopic (exact) mass is 303 g/mol. The number of methoxy groups -OCH3 is 1. The lowest BCUT2D eigenvalue weighted by atomic mass is 10.1. The van der Waals surface area contributed by atoms with E-state index in [4.69, 9.17) is 0 Å². The summed E-state index contributed by atoms with van der Waals surface area (Å²) in [6.07, 6.45) is -9.34. The lowest BCUT2D eigenvalue weighted by Crippen LogP contribution is -2.20. The van der Waals surface area contributed by atoms with Crippen LogP contribution in [0.15, 0.2) is 6.07 Å². The Hall–Kier alpha value is -2.00. The highest BCUT2D eigenvalue weighted by molar-refractivity contribution is 5.73. The molecule has 10 heteroatoms. The van der Waals surface area contributed by atoms with Crippen LogP contribution in [0.3, 0.4) is 0 Å². The molecular weight excluding hydrogens is 296 g/mol. The second kappa shape index (κ2) is 5.97. The molecule has 0 aromatic carbocycles. The molecule has 112 valence electrons. The third-order valence-electron chi connectivity index (χ3n) is 2.05. The van der Waals surface area contributed by atoms with Crippen LogP contribution in [0.5, 0.6) is 5.88 Å². The van der Waals surface area contributed by atoms with Gasteiger partial charge in [0.05, 0.1) is 19.1 Å². The van der Waals surface area contributed by atoms with Gasteiger partial charge in [-0.15, -0.1) is 13.2 Å². The Kier molecular flexibility index (Phi) is 4.79. The van der Waals surface area contributed by atoms with Crippen molar-refractivity contribution in [2.24, 2.45) is 0 Å². The Morgan fingerprint density at radius 3 is 2.45 bits per heavy atom. The molecule has 1 aromatic rings. The van der Waals surface area contributed by atoms with Crippen LogP contribution in [0.1, 0.15) is 17.6 Å². The number of alkyl halides is 5. The van der Waals surface area contributed by atoms with Gasteiger partial charge in [-0.2, -0.15) is 9.37 Å². The number of pyridine rings is 1. The van der Waals surface area contributed by atoms with Crippen LogP contribution in [0.25, 0.3) is 0 Å². The number of nitrogens with zero attached hydrogens (tertiary/aromatic N) is 1. The van der Waals surface area contributed by atoms with E-state index in [1.54, 1.807) is 0 Å². The lowest BCUT2D eigenvalue weighted by molar-refractivity contribution is -0.276. The second-order valence-electron chi connectivity index (χ2n) is 3.43. The van der Waals surface area contributed by atoms with Gasteiger partial charge in [-0.1, -0.05) is 0 Å². The van der Waals surface area contributed by atoms with E-state index in [1.165, 1.54) is 0 Å². The molecule has 0 fully saturated rings. The zero-order valence-corrected chi connectivity index (χ0v) is 9.80. The van der Waals surface area contributed by atoms with Gasteiger partial charge in [0.1, 0.15) is 0 Å². The maximum atomic E-state index is 13.1. The highest BCUT2D eigenvalue weighted by atomic mass is 19.4. The van der Waals surface area contributed by atoms with Crippen molar-refractivity contribution >= 4 is 5.97 Å². The first-order valence-electron chi connectivity index (χ1n) is 4.94. The molecular formula is C10H7F6NO3. The first-order chi connectivity index (χ1) is 9.14. The fourth-order valence-electron chi connectivity index (χ4n) is 1.24. The molecule has 20 heavy (non-hydrogen) atoms. The van der Waals surface area contributed by atoms with Gasteiger partial charge in [0.2, 0.25) is 11.8 Å². The number of ether oxygens (including phenoxy) is 2. The molecule has 0 unspecified atom stereocenters. The number of halogens is 6. The molecule has 1 rings (SSSR count). The molecule has 0 bridgehead atoms. The maximum Gasteiger partial charge on any atom is 0.574 e. The van der Waals surface area contributed by atoms with Gasteiger partial charge in [0, 0.05) is 5.56 Å². The van der Waals surface area contributed by atoms with Crippen LogP contribution in [0.2, 0.25) is 0 Å². The summed E-state index contributed by atoms with van der Waals surface area (Å²) in [5.74, 6) is -4.15. The number of hydrogen-bond acceptors (Lipinski definition) is 4. The van der Waals surface area contributed by atoms with Gasteiger partial charge in [-0.3, -0.25) is 4.79 Å². The van der Waals surface area contributed by atoms with Crippen LogP contribution in [-0.4, -0.2) is 24.4 Å². The summed E-state index contributed by atoms with van der Waals surface area (Å²) >= 11 is 0. The molecule has 4 nitrogen and oxygen atoms in total. The molecule has 0 aliphatic heterocycles. The molecule has 0 saturated carbocycles. The Labute approximate surface area is 108 Å². The minimum absolute atomic E-state index is 0.380. The lowest BCUT2D eigenvalue weighted by Gasteiger charge is -2.13. The quantitative estimate of drug-likeness (QED) is 0.487. The summed E-state index contributed by atoms with van der Waals surface area (Å²) in [4.78, 5) is 13.7. The van der Waals surface area contributed by atoms with Gasteiger partial charge < -0.3 is 9.47 Å². The minimum Gasteiger partial charge on any atom is -0.469 e. The van der Waals surface area contributed by atoms with E-state index >= 15 is 0 Å². The number of aromatic nitrogens is 1. The predicted octanol–water partition coefficient (Wildman–Crippen LogP) is 2.77. The van der Waals surface area contributed by atoms with Gasteiger partial charge >= 0.3 is 12.3 Å². The Bertz CT molecular complexity index is 503. The fourth-order valence-corrected chi connectivity index (χ4v) is 1.24. The zero-order chi connectivity index (χ0) is 15.5. The van der Waals surface area contributed by atoms with Crippen molar-refractivity contribution < 1.29 is 40.6 Å². The normalized spacial score (nSPS) is 11.6. The summed E-state index contributed by atoms with van der Waals surface area (Å²) in [6.45, 7) is 0. The Morgan fingerprint density at radius 2 is 2.00 bits per heavy atom. The van der Waals surface area contributed by atoms with Crippen LogP contribution in [-0.2, 0) is 16.0 Å². The second-order valence-corrected chi connectivity index (χ2v) is 3.43. The van der Waals surface area contributed by atoms with Crippen molar-refractivity contribution in [1.82, 2.24) is 4.98 Å². The van der Waals surface area contributed by atoms with Crippen molar-refractivity contribution in [3.05, 3.63) is 23.1 Å². The minimum atomic E-state index is -5.21. The first kappa shape index (κ1) is 16.1. The van der Waals surface area contributed by atoms with Gasteiger partial charge in [0.15, 0.2) is 0 Å². The maximum absolute atomic E-state index is 13.1. The van der Waals surface area contributed by atoms with E-state index in [9.17, 15) is 31.1 Å². The average molecular weight is 303 g/mol. The number of esters is 1. The van der Waals surface area contributed by atoms with E-state index in [1.807, 2.05) is 0 Å². The topological polar surface area (TPSA) is 48.4 Å². The number of carbonyl (C=O) groups is 1. The number of hydrogen-bond donors (Lipinski definition) is 0. The molecule has 0 N–H and O–H groups in total. The molecule has 0 aliphatic rings. The van der Waals surface area contributed by atoms with E-state index in [0.29, 0.717) is 6.07 Å². The molecule has 1 aromatic heterocycles. The van der Waals surface area contributed by atoms with Gasteiger partial charge in [-0.05, 0) is 6.07 Å². The average Bonchev–Trinajstić information content (AvgIpc) is 2.29. The van der Waals surface area contributed by atoms with Crippen molar-refractivity contribution in [3.8, 4) is 5.88 Å². The summed E-state index contributed by atoms with van der Waals surface area (Å²) in [7, 11) is 0.942. The molecule has 0 aliphatic carbocycles. The van der Waals surface area contributed by atoms with E-state index in [0.717, 1.165) is 7.11 Å². The summed E-state index contributed by atoms with van der Waals surface area (Å²) in [6, 6.07) is 0.380. The van der Waals surface area contributed by atoms with Crippen LogP contribution in [0.4, 0.5) is 26.3 Å². The molecule has 0 radical (unpaired) electrons. The Balaban J connectivity index is 3.26. The van der Waals surface area contributed by atoms with E-state index < -0.39 is 48.1 Å². The van der Waals surface area contributed by atoms with Gasteiger partial charge in [-0.25, -0.2) is 8.78 Å². The van der Waals surface area contributed by atoms with Crippen molar-refractivity contribution in [2.75, 3.05) is 7.11 Å². The van der Waals surface area contributed by atoms with Crippen LogP contribution >= 0.6 is 0 Å². The predicted molar refractivity (Wildman–Crippen MR) is 51.6 cm³/mol. The molecule has 1 heterocycles.